The molecule has 1 aromatic rings. The molecule has 5 nitrogen and oxygen atoms in total. The van der Waals surface area contributed by atoms with Crippen LogP contribution in [0.15, 0.2) is 24.3 Å². The molecule has 22 heavy (non-hydrogen) atoms. The predicted molar refractivity (Wildman–Crippen MR) is 91.0 cm³/mol. The van der Waals surface area contributed by atoms with Gasteiger partial charge < -0.3 is 16.4 Å². The van der Waals surface area contributed by atoms with Crippen LogP contribution in [0.5, 0.6) is 0 Å². The second kappa shape index (κ2) is 11.0. The van der Waals surface area contributed by atoms with Crippen LogP contribution in [0.4, 0.5) is 0 Å². The first-order valence-corrected chi connectivity index (χ1v) is 7.30. The zero-order valence-electron chi connectivity index (χ0n) is 13.2. The highest BCUT2D eigenvalue weighted by Crippen LogP contribution is 2.05. The first-order valence-electron chi connectivity index (χ1n) is 7.30. The maximum absolute atomic E-state index is 11.7. The highest BCUT2D eigenvalue weighted by molar-refractivity contribution is 5.85. The molecule has 4 N–H and O–H groups in total. The number of carbonyl (C=O) groups is 2. The molecule has 1 rings (SSSR count). The van der Waals surface area contributed by atoms with Crippen molar-refractivity contribution in [3.63, 3.8) is 0 Å². The normalized spacial score (nSPS) is 11.2. The van der Waals surface area contributed by atoms with Gasteiger partial charge in [-0.05, 0) is 31.4 Å². The Bertz CT molecular complexity index is 463. The first-order chi connectivity index (χ1) is 10.0. The van der Waals surface area contributed by atoms with Crippen LogP contribution in [0, 0.1) is 12.8 Å². The monoisotopic (exact) mass is 327 g/mol. The van der Waals surface area contributed by atoms with E-state index in [0.29, 0.717) is 25.9 Å². The van der Waals surface area contributed by atoms with Crippen LogP contribution < -0.4 is 16.4 Å². The molecule has 0 aliphatic carbocycles. The van der Waals surface area contributed by atoms with Gasteiger partial charge in [0.2, 0.25) is 11.8 Å². The van der Waals surface area contributed by atoms with Crippen LogP contribution in [0.1, 0.15) is 24.5 Å². The fourth-order valence-electron chi connectivity index (χ4n) is 1.71. The average Bonchev–Trinajstić information content (AvgIpc) is 2.49. The fourth-order valence-corrected chi connectivity index (χ4v) is 1.71. The number of benzene rings is 1. The highest BCUT2D eigenvalue weighted by atomic mass is 35.5. The summed E-state index contributed by atoms with van der Waals surface area (Å²) in [5, 5.41) is 5.36. The minimum atomic E-state index is -0.181. The topological polar surface area (TPSA) is 84.2 Å². The molecule has 6 heteroatoms. The minimum Gasteiger partial charge on any atom is -0.354 e. The van der Waals surface area contributed by atoms with Crippen molar-refractivity contribution < 1.29 is 9.59 Å². The molecule has 1 atom stereocenters. The largest absolute Gasteiger partial charge is 0.354 e. The smallest absolute Gasteiger partial charge is 0.239 e. The van der Waals surface area contributed by atoms with E-state index in [4.69, 9.17) is 5.73 Å². The molecule has 2 amide bonds. The van der Waals surface area contributed by atoms with Crippen molar-refractivity contribution in [1.82, 2.24) is 10.6 Å². The van der Waals surface area contributed by atoms with E-state index in [2.05, 4.69) is 10.6 Å². The highest BCUT2D eigenvalue weighted by Gasteiger charge is 2.07. The van der Waals surface area contributed by atoms with Gasteiger partial charge in [-0.1, -0.05) is 36.8 Å². The summed E-state index contributed by atoms with van der Waals surface area (Å²) in [6, 6.07) is 8.09. The third-order valence-electron chi connectivity index (χ3n) is 3.26. The van der Waals surface area contributed by atoms with Gasteiger partial charge in [0.25, 0.3) is 0 Å². The van der Waals surface area contributed by atoms with E-state index in [1.807, 2.05) is 38.1 Å². The van der Waals surface area contributed by atoms with Gasteiger partial charge in [-0.25, -0.2) is 0 Å². The number of amides is 2. The van der Waals surface area contributed by atoms with Crippen molar-refractivity contribution in [2.45, 2.75) is 26.7 Å². The van der Waals surface area contributed by atoms with Crippen LogP contribution in [0.25, 0.3) is 0 Å². The summed E-state index contributed by atoms with van der Waals surface area (Å²) in [6.45, 7) is 5.07. The third-order valence-corrected chi connectivity index (χ3v) is 3.26. The van der Waals surface area contributed by atoms with Crippen molar-refractivity contribution in [1.29, 1.82) is 0 Å². The van der Waals surface area contributed by atoms with Crippen LogP contribution in [-0.4, -0.2) is 31.4 Å². The Morgan fingerprint density at radius 1 is 1.14 bits per heavy atom. The van der Waals surface area contributed by atoms with E-state index >= 15 is 0 Å². The number of aryl methyl sites for hydroxylation is 2. The Hall–Kier alpha value is -1.59. The molecule has 0 radical (unpaired) electrons. The minimum absolute atomic E-state index is 0. The summed E-state index contributed by atoms with van der Waals surface area (Å²) in [5.41, 5.74) is 7.79. The van der Waals surface area contributed by atoms with Crippen LogP contribution >= 0.6 is 12.4 Å². The molecule has 0 saturated carbocycles. The Balaban J connectivity index is 0.00000441. The average molecular weight is 328 g/mol. The van der Waals surface area contributed by atoms with Gasteiger partial charge in [0.05, 0.1) is 6.54 Å². The van der Waals surface area contributed by atoms with Crippen molar-refractivity contribution in [3.8, 4) is 0 Å². The molecule has 0 spiro atoms. The predicted octanol–water partition coefficient (Wildman–Crippen LogP) is 1.18. The van der Waals surface area contributed by atoms with Crippen molar-refractivity contribution in [3.05, 3.63) is 35.4 Å². The van der Waals surface area contributed by atoms with Gasteiger partial charge >= 0.3 is 0 Å². The SMILES string of the molecule is Cc1ccc(CCC(=O)NCC(=O)NCC(C)CN)cc1.Cl. The second-order valence-electron chi connectivity index (χ2n) is 5.41. The number of nitrogens with two attached hydrogens (primary N) is 1. The quantitative estimate of drug-likeness (QED) is 0.670. The molecule has 0 saturated heterocycles. The number of hydrogen-bond acceptors (Lipinski definition) is 3. The zero-order valence-corrected chi connectivity index (χ0v) is 14.0. The van der Waals surface area contributed by atoms with E-state index in [0.717, 1.165) is 5.56 Å². The second-order valence-corrected chi connectivity index (χ2v) is 5.41. The van der Waals surface area contributed by atoms with E-state index in [-0.39, 0.29) is 36.7 Å². The van der Waals surface area contributed by atoms with Crippen LogP contribution in [-0.2, 0) is 16.0 Å². The molecule has 0 heterocycles. The molecule has 0 aromatic heterocycles. The Labute approximate surface area is 138 Å². The van der Waals surface area contributed by atoms with E-state index in [9.17, 15) is 9.59 Å². The van der Waals surface area contributed by atoms with Gasteiger partial charge in [0.1, 0.15) is 0 Å². The van der Waals surface area contributed by atoms with Crippen LogP contribution in [0.2, 0.25) is 0 Å². The number of carbonyl (C=O) groups excluding carboxylic acids is 2. The summed E-state index contributed by atoms with van der Waals surface area (Å²) in [7, 11) is 0. The number of hydrogen-bond donors (Lipinski definition) is 3. The Morgan fingerprint density at radius 2 is 1.77 bits per heavy atom. The van der Waals surface area contributed by atoms with Crippen molar-refractivity contribution in [2.75, 3.05) is 19.6 Å². The van der Waals surface area contributed by atoms with Gasteiger partial charge in [-0.2, -0.15) is 0 Å². The lowest BCUT2D eigenvalue weighted by atomic mass is 10.1. The lowest BCUT2D eigenvalue weighted by Crippen LogP contribution is -2.39. The van der Waals surface area contributed by atoms with Gasteiger partial charge in [-0.3, -0.25) is 9.59 Å². The lowest BCUT2D eigenvalue weighted by Gasteiger charge is -2.10. The molecular weight excluding hydrogens is 302 g/mol. The number of halogens is 1. The van der Waals surface area contributed by atoms with Crippen LogP contribution in [0.3, 0.4) is 0 Å². The molecule has 0 aliphatic rings. The molecule has 0 fully saturated rings. The Kier molecular flexibility index (Phi) is 10.2. The van der Waals surface area contributed by atoms with E-state index in [1.54, 1.807) is 0 Å². The number of rotatable bonds is 8. The van der Waals surface area contributed by atoms with Crippen molar-refractivity contribution >= 4 is 24.2 Å². The summed E-state index contributed by atoms with van der Waals surface area (Å²) in [6.07, 6.45) is 1.06. The lowest BCUT2D eigenvalue weighted by molar-refractivity contribution is -0.126. The standard InChI is InChI=1S/C16H25N3O2.ClH/c1-12-3-5-14(6-4-12)7-8-15(20)19-11-16(21)18-10-13(2)9-17;/h3-6,13H,7-11,17H2,1-2H3,(H,18,21)(H,19,20);1H. The molecule has 1 unspecified atom stereocenters. The summed E-state index contributed by atoms with van der Waals surface area (Å²) in [4.78, 5) is 23.2. The van der Waals surface area contributed by atoms with E-state index < -0.39 is 0 Å². The van der Waals surface area contributed by atoms with Crippen molar-refractivity contribution in [2.24, 2.45) is 11.7 Å². The molecule has 0 aliphatic heterocycles. The third kappa shape index (κ3) is 8.64. The first kappa shape index (κ1) is 20.4. The van der Waals surface area contributed by atoms with E-state index in [1.165, 1.54) is 5.56 Å². The summed E-state index contributed by atoms with van der Waals surface area (Å²) in [5.74, 6) is -0.0530. The fraction of sp³-hybridized carbons (Fsp3) is 0.500. The maximum Gasteiger partial charge on any atom is 0.239 e. The summed E-state index contributed by atoms with van der Waals surface area (Å²) >= 11 is 0. The van der Waals surface area contributed by atoms with Gasteiger partial charge in [0, 0.05) is 13.0 Å². The number of nitrogens with one attached hydrogen (secondary N) is 2. The zero-order chi connectivity index (χ0) is 15.7. The Morgan fingerprint density at radius 3 is 2.36 bits per heavy atom. The molecule has 124 valence electrons. The maximum atomic E-state index is 11.7. The molecule has 0 bridgehead atoms. The molecular formula is C16H26ClN3O2. The van der Waals surface area contributed by atoms with Gasteiger partial charge in [0.15, 0.2) is 0 Å². The molecule has 1 aromatic carbocycles. The summed E-state index contributed by atoms with van der Waals surface area (Å²) < 4.78 is 0. The van der Waals surface area contributed by atoms with Gasteiger partial charge in [-0.15, -0.1) is 12.4 Å².